The number of para-hydroxylation sites is 1. The molecule has 132 valence electrons. The molecule has 0 aliphatic carbocycles. The van der Waals surface area contributed by atoms with Crippen LogP contribution >= 0.6 is 0 Å². The van der Waals surface area contributed by atoms with Crippen LogP contribution in [0.15, 0.2) is 49.7 Å². The van der Waals surface area contributed by atoms with Gasteiger partial charge >= 0.3 is 5.63 Å². The third-order valence-electron chi connectivity index (χ3n) is 3.83. The van der Waals surface area contributed by atoms with Crippen molar-refractivity contribution in [1.29, 1.82) is 0 Å². The lowest BCUT2D eigenvalue weighted by atomic mass is 10.1. The molecule has 0 bridgehead atoms. The van der Waals surface area contributed by atoms with Crippen molar-refractivity contribution >= 4 is 28.5 Å². The van der Waals surface area contributed by atoms with Gasteiger partial charge < -0.3 is 15.3 Å². The van der Waals surface area contributed by atoms with Crippen LogP contribution in [0.4, 0.5) is 5.95 Å². The first kappa shape index (κ1) is 17.3. The molecule has 0 saturated heterocycles. The topological polar surface area (TPSA) is 127 Å². The predicted molar refractivity (Wildman–Crippen MR) is 99.1 cm³/mol. The number of aryl methyl sites for hydroxylation is 2. The van der Waals surface area contributed by atoms with E-state index in [0.29, 0.717) is 0 Å². The number of aliphatic imine (C=N–C) groups is 2. The molecule has 26 heavy (non-hydrogen) atoms. The minimum atomic E-state index is -0.715. The van der Waals surface area contributed by atoms with Crippen LogP contribution in [0.5, 0.6) is 5.75 Å². The van der Waals surface area contributed by atoms with Crippen LogP contribution in [0, 0.1) is 13.8 Å². The van der Waals surface area contributed by atoms with Gasteiger partial charge in [-0.2, -0.15) is 4.99 Å². The van der Waals surface area contributed by atoms with E-state index in [1.165, 1.54) is 13.0 Å². The lowest BCUT2D eigenvalue weighted by Gasteiger charge is -2.05. The number of nitrogens with zero attached hydrogens (tertiary/aromatic N) is 4. The quantitative estimate of drug-likeness (QED) is 0.539. The summed E-state index contributed by atoms with van der Waals surface area (Å²) in [6, 6.07) is 7.08. The van der Waals surface area contributed by atoms with Crippen molar-refractivity contribution in [3.8, 4) is 5.75 Å². The second-order valence-electron chi connectivity index (χ2n) is 5.72. The molecule has 0 amide bonds. The summed E-state index contributed by atoms with van der Waals surface area (Å²) in [4.78, 5) is 28.6. The summed E-state index contributed by atoms with van der Waals surface area (Å²) >= 11 is 0. The molecular formula is C18H17N5O3. The number of aromatic nitrogens is 2. The maximum atomic E-state index is 11.7. The van der Waals surface area contributed by atoms with Crippen molar-refractivity contribution in [2.75, 3.05) is 0 Å². The Morgan fingerprint density at radius 3 is 2.73 bits per heavy atom. The highest BCUT2D eigenvalue weighted by atomic mass is 16.4. The lowest BCUT2D eigenvalue weighted by molar-refractivity contribution is 0.445. The number of rotatable bonds is 2. The SMILES string of the molecule is C/C(=N\C(N)=N\c1nc(C)c2cccc(C)c2n1)c1c(O)ccoc1=O. The molecule has 8 heteroatoms. The van der Waals surface area contributed by atoms with Gasteiger partial charge in [0, 0.05) is 11.5 Å². The van der Waals surface area contributed by atoms with Crippen LogP contribution in [0.25, 0.3) is 10.9 Å². The highest BCUT2D eigenvalue weighted by Crippen LogP contribution is 2.21. The van der Waals surface area contributed by atoms with Crippen molar-refractivity contribution in [1.82, 2.24) is 9.97 Å². The smallest absolute Gasteiger partial charge is 0.348 e. The van der Waals surface area contributed by atoms with Gasteiger partial charge in [-0.1, -0.05) is 18.2 Å². The van der Waals surface area contributed by atoms with E-state index in [2.05, 4.69) is 20.0 Å². The third-order valence-corrected chi connectivity index (χ3v) is 3.83. The summed E-state index contributed by atoms with van der Waals surface area (Å²) in [5, 5.41) is 10.7. The number of nitrogens with two attached hydrogens (primary N) is 1. The Morgan fingerprint density at radius 1 is 1.23 bits per heavy atom. The normalized spacial score (nSPS) is 12.6. The fourth-order valence-corrected chi connectivity index (χ4v) is 2.58. The van der Waals surface area contributed by atoms with Gasteiger partial charge in [-0.15, -0.1) is 0 Å². The number of fused-ring (bicyclic) bond motifs is 1. The number of hydrogen-bond acceptors (Lipinski definition) is 6. The molecule has 2 aromatic heterocycles. The zero-order chi connectivity index (χ0) is 18.8. The Morgan fingerprint density at radius 2 is 2.00 bits per heavy atom. The van der Waals surface area contributed by atoms with Crippen LogP contribution < -0.4 is 11.4 Å². The molecule has 0 unspecified atom stereocenters. The number of aromatic hydroxyl groups is 1. The fourth-order valence-electron chi connectivity index (χ4n) is 2.58. The summed E-state index contributed by atoms with van der Waals surface area (Å²) in [5.41, 5.74) is 7.78. The second-order valence-corrected chi connectivity index (χ2v) is 5.72. The first-order chi connectivity index (χ1) is 12.4. The largest absolute Gasteiger partial charge is 0.507 e. The van der Waals surface area contributed by atoms with Gasteiger partial charge in [-0.25, -0.2) is 19.8 Å². The molecule has 3 rings (SSSR count). The predicted octanol–water partition coefficient (Wildman–Crippen LogP) is 2.36. The Kier molecular flexibility index (Phi) is 4.49. The van der Waals surface area contributed by atoms with Crippen LogP contribution in [-0.4, -0.2) is 26.7 Å². The number of hydrogen-bond donors (Lipinski definition) is 2. The fraction of sp³-hybridized carbons (Fsp3) is 0.167. The molecule has 2 heterocycles. The van der Waals surface area contributed by atoms with E-state index in [0.717, 1.165) is 28.4 Å². The van der Waals surface area contributed by atoms with E-state index < -0.39 is 5.63 Å². The maximum absolute atomic E-state index is 11.7. The van der Waals surface area contributed by atoms with Gasteiger partial charge in [0.05, 0.1) is 23.2 Å². The van der Waals surface area contributed by atoms with Crippen molar-refractivity contribution in [3.63, 3.8) is 0 Å². The van der Waals surface area contributed by atoms with Crippen molar-refractivity contribution < 1.29 is 9.52 Å². The molecule has 0 aliphatic heterocycles. The van der Waals surface area contributed by atoms with Gasteiger partial charge in [-0.3, -0.25) is 0 Å². The summed E-state index contributed by atoms with van der Waals surface area (Å²) in [5.74, 6) is -0.219. The van der Waals surface area contributed by atoms with Crippen LogP contribution in [0.3, 0.4) is 0 Å². The molecule has 0 fully saturated rings. The minimum Gasteiger partial charge on any atom is -0.507 e. The molecule has 8 nitrogen and oxygen atoms in total. The van der Waals surface area contributed by atoms with E-state index >= 15 is 0 Å². The van der Waals surface area contributed by atoms with E-state index in [1.807, 2.05) is 32.0 Å². The molecular weight excluding hydrogens is 334 g/mol. The van der Waals surface area contributed by atoms with Gasteiger partial charge in [0.2, 0.25) is 5.96 Å². The second kappa shape index (κ2) is 6.75. The van der Waals surface area contributed by atoms with E-state index in [9.17, 15) is 9.90 Å². The molecule has 0 aliphatic rings. The lowest BCUT2D eigenvalue weighted by Crippen LogP contribution is -2.16. The van der Waals surface area contributed by atoms with Crippen LogP contribution in [0.1, 0.15) is 23.7 Å². The van der Waals surface area contributed by atoms with Crippen LogP contribution in [-0.2, 0) is 0 Å². The van der Waals surface area contributed by atoms with Gasteiger partial charge in [-0.05, 0) is 26.3 Å². The number of benzene rings is 1. The van der Waals surface area contributed by atoms with Gasteiger partial charge in [0.1, 0.15) is 11.3 Å². The molecule has 0 spiro atoms. The summed E-state index contributed by atoms with van der Waals surface area (Å²) in [7, 11) is 0. The van der Waals surface area contributed by atoms with Crippen molar-refractivity contribution in [2.24, 2.45) is 15.7 Å². The highest BCUT2D eigenvalue weighted by molar-refractivity contribution is 6.06. The van der Waals surface area contributed by atoms with Crippen LogP contribution in [0.2, 0.25) is 0 Å². The van der Waals surface area contributed by atoms with Gasteiger partial charge in [0.15, 0.2) is 0 Å². The first-order valence-corrected chi connectivity index (χ1v) is 7.81. The average Bonchev–Trinajstić information content (AvgIpc) is 2.55. The Labute approximate surface area is 148 Å². The summed E-state index contributed by atoms with van der Waals surface area (Å²) in [6.45, 7) is 5.33. The Hall–Kier alpha value is -3.55. The minimum absolute atomic E-state index is 0.0721. The zero-order valence-corrected chi connectivity index (χ0v) is 14.5. The third kappa shape index (κ3) is 3.30. The zero-order valence-electron chi connectivity index (χ0n) is 14.5. The summed E-state index contributed by atoms with van der Waals surface area (Å²) < 4.78 is 4.74. The van der Waals surface area contributed by atoms with E-state index in [4.69, 9.17) is 10.2 Å². The molecule has 0 radical (unpaired) electrons. The number of guanidine groups is 1. The molecule has 3 aromatic rings. The molecule has 0 saturated carbocycles. The monoisotopic (exact) mass is 351 g/mol. The Balaban J connectivity index is 2.04. The van der Waals surface area contributed by atoms with Gasteiger partial charge in [0.25, 0.3) is 5.95 Å². The van der Waals surface area contributed by atoms with E-state index in [-0.39, 0.29) is 28.9 Å². The molecule has 1 aromatic carbocycles. The highest BCUT2D eigenvalue weighted by Gasteiger charge is 2.12. The van der Waals surface area contributed by atoms with E-state index in [1.54, 1.807) is 0 Å². The standard InChI is InChI=1S/C18H17N5O3/c1-9-5-4-6-12-10(2)21-18(22-15(9)12)23-17(19)20-11(3)14-13(24)7-8-26-16(14)25/h4-8,24H,1-3H3,(H2,19,21,22,23)/b20-11+. The molecule has 0 atom stereocenters. The van der Waals surface area contributed by atoms with Crippen molar-refractivity contribution in [3.05, 3.63) is 57.8 Å². The summed E-state index contributed by atoms with van der Waals surface area (Å²) in [6.07, 6.45) is 1.10. The first-order valence-electron chi connectivity index (χ1n) is 7.81. The van der Waals surface area contributed by atoms with Crippen molar-refractivity contribution in [2.45, 2.75) is 20.8 Å². The molecule has 3 N–H and O–H groups in total. The maximum Gasteiger partial charge on any atom is 0.348 e. The Bertz CT molecular complexity index is 1120. The average molecular weight is 351 g/mol.